The molecule has 0 aliphatic carbocycles. The molecule has 0 fully saturated rings. The number of hydrogen-bond acceptors (Lipinski definition) is 3. The average Bonchev–Trinajstić information content (AvgIpc) is 3.16. The van der Waals surface area contributed by atoms with E-state index >= 15 is 0 Å². The van der Waals surface area contributed by atoms with E-state index in [9.17, 15) is 0 Å². The number of benzene rings is 2. The van der Waals surface area contributed by atoms with Crippen LogP contribution in [0.5, 0.6) is 0 Å². The van der Waals surface area contributed by atoms with Crippen molar-refractivity contribution in [2.24, 2.45) is 0 Å². The minimum atomic E-state index is 0.846. The highest BCUT2D eigenvalue weighted by Crippen LogP contribution is 2.26. The number of furan rings is 1. The third kappa shape index (κ3) is 5.70. The Morgan fingerprint density at radius 2 is 1.69 bits per heavy atom. The second kappa shape index (κ2) is 10.1. The fourth-order valence-corrected chi connectivity index (χ4v) is 3.72. The third-order valence-electron chi connectivity index (χ3n) is 4.35. The van der Waals surface area contributed by atoms with E-state index < -0.39 is 0 Å². The molecule has 1 heterocycles. The second-order valence-electron chi connectivity index (χ2n) is 6.43. The van der Waals surface area contributed by atoms with Gasteiger partial charge in [0.15, 0.2) is 5.88 Å². The van der Waals surface area contributed by atoms with Crippen LogP contribution in [0.3, 0.4) is 0 Å². The summed E-state index contributed by atoms with van der Waals surface area (Å²) < 4.78 is 5.97. The van der Waals surface area contributed by atoms with Gasteiger partial charge in [-0.2, -0.15) is 0 Å². The highest BCUT2D eigenvalue weighted by molar-refractivity contribution is 7.99. The number of nitrogens with one attached hydrogen (secondary N) is 1. The van der Waals surface area contributed by atoms with Gasteiger partial charge in [-0.25, -0.2) is 0 Å². The molecule has 1 N–H and O–H groups in total. The molecule has 3 aromatic rings. The first kappa shape index (κ1) is 18.7. The molecule has 0 radical (unpaired) electrons. The maximum atomic E-state index is 5.97. The number of rotatable bonds is 10. The van der Waals surface area contributed by atoms with Crippen LogP contribution in [-0.2, 0) is 12.8 Å². The Labute approximate surface area is 161 Å². The highest BCUT2D eigenvalue weighted by atomic mass is 32.2. The van der Waals surface area contributed by atoms with Crippen molar-refractivity contribution in [1.29, 1.82) is 0 Å². The van der Waals surface area contributed by atoms with Crippen LogP contribution < -0.4 is 5.32 Å². The third-order valence-corrected chi connectivity index (χ3v) is 5.28. The molecule has 0 bridgehead atoms. The van der Waals surface area contributed by atoms with Crippen molar-refractivity contribution in [3.63, 3.8) is 0 Å². The van der Waals surface area contributed by atoms with Gasteiger partial charge in [-0.1, -0.05) is 61.9 Å². The Morgan fingerprint density at radius 3 is 2.54 bits per heavy atom. The van der Waals surface area contributed by atoms with E-state index in [1.807, 2.05) is 17.8 Å². The molecule has 0 unspecified atom stereocenters. The predicted octanol–water partition coefficient (Wildman–Crippen LogP) is 6.63. The monoisotopic (exact) mass is 365 g/mol. The van der Waals surface area contributed by atoms with Gasteiger partial charge in [-0.15, -0.1) is 11.8 Å². The fraction of sp³-hybridized carbons (Fsp3) is 0.304. The lowest BCUT2D eigenvalue weighted by atomic mass is 10.0. The van der Waals surface area contributed by atoms with Crippen molar-refractivity contribution in [2.45, 2.75) is 32.6 Å². The number of anilines is 1. The molecule has 0 aliphatic heterocycles. The zero-order chi connectivity index (χ0) is 18.0. The minimum absolute atomic E-state index is 0.846. The number of aryl methyl sites for hydroxylation is 2. The quantitative estimate of drug-likeness (QED) is 0.322. The molecule has 136 valence electrons. The minimum Gasteiger partial charge on any atom is -0.441 e. The number of thioether (sulfide) groups is 1. The van der Waals surface area contributed by atoms with Crippen LogP contribution in [0.15, 0.2) is 71.1 Å². The second-order valence-corrected chi connectivity index (χ2v) is 7.54. The first-order valence-corrected chi connectivity index (χ1v) is 10.6. The smallest absolute Gasteiger partial charge is 0.194 e. The summed E-state index contributed by atoms with van der Waals surface area (Å²) in [4.78, 5) is 0. The van der Waals surface area contributed by atoms with Gasteiger partial charge in [-0.3, -0.25) is 0 Å². The zero-order valence-electron chi connectivity index (χ0n) is 15.4. The van der Waals surface area contributed by atoms with Crippen LogP contribution in [-0.4, -0.2) is 11.6 Å². The van der Waals surface area contributed by atoms with Crippen molar-refractivity contribution in [2.75, 3.05) is 16.9 Å². The highest BCUT2D eigenvalue weighted by Gasteiger charge is 2.06. The van der Waals surface area contributed by atoms with Crippen molar-refractivity contribution in [3.8, 4) is 11.3 Å². The summed E-state index contributed by atoms with van der Waals surface area (Å²) in [6.45, 7) is 2.22. The zero-order valence-corrected chi connectivity index (χ0v) is 16.2. The first-order chi connectivity index (χ1) is 12.8. The molecule has 3 heteroatoms. The number of hydrogen-bond donors (Lipinski definition) is 1. The molecule has 0 amide bonds. The fourth-order valence-electron chi connectivity index (χ4n) is 2.84. The van der Waals surface area contributed by atoms with Crippen molar-refractivity contribution < 1.29 is 4.42 Å². The SMILES string of the molecule is CCCCSCNc1ccc(-c2cccc(CCc3ccccc3)c2)o1. The molecular formula is C23H27NOS. The summed E-state index contributed by atoms with van der Waals surface area (Å²) in [5, 5.41) is 3.35. The Balaban J connectivity index is 1.56. The molecular weight excluding hydrogens is 338 g/mol. The van der Waals surface area contributed by atoms with Crippen LogP contribution in [0.1, 0.15) is 30.9 Å². The van der Waals surface area contributed by atoms with Gasteiger partial charge in [0.05, 0.1) is 5.88 Å². The number of unbranched alkanes of at least 4 members (excludes halogenated alkanes) is 1. The van der Waals surface area contributed by atoms with Gasteiger partial charge in [0.25, 0.3) is 0 Å². The summed E-state index contributed by atoms with van der Waals surface area (Å²) in [5.74, 6) is 3.86. The van der Waals surface area contributed by atoms with E-state index in [2.05, 4.69) is 72.9 Å². The average molecular weight is 366 g/mol. The van der Waals surface area contributed by atoms with E-state index in [0.717, 1.165) is 35.9 Å². The van der Waals surface area contributed by atoms with Gasteiger partial charge in [-0.05, 0) is 48.3 Å². The molecule has 2 nitrogen and oxygen atoms in total. The Hall–Kier alpha value is -2.13. The van der Waals surface area contributed by atoms with Crippen molar-refractivity contribution in [1.82, 2.24) is 0 Å². The normalized spacial score (nSPS) is 10.8. The lowest BCUT2D eigenvalue weighted by molar-refractivity contribution is 0.597. The standard InChI is InChI=1S/C23H27NOS/c1-2-3-16-26-18-24-23-15-14-22(25-23)21-11-7-10-20(17-21)13-12-19-8-5-4-6-9-19/h4-11,14-15,17,24H,2-3,12-13,16,18H2,1H3. The predicted molar refractivity (Wildman–Crippen MR) is 114 cm³/mol. The van der Waals surface area contributed by atoms with Crippen molar-refractivity contribution in [3.05, 3.63) is 77.9 Å². The summed E-state index contributed by atoms with van der Waals surface area (Å²) in [5.41, 5.74) is 3.86. The Kier molecular flexibility index (Phi) is 7.26. The van der Waals surface area contributed by atoms with Gasteiger partial charge in [0.1, 0.15) is 5.76 Å². The first-order valence-electron chi connectivity index (χ1n) is 9.40. The van der Waals surface area contributed by atoms with Gasteiger partial charge < -0.3 is 9.73 Å². The maximum Gasteiger partial charge on any atom is 0.194 e. The molecule has 1 aromatic heterocycles. The Morgan fingerprint density at radius 1 is 0.885 bits per heavy atom. The van der Waals surface area contributed by atoms with E-state index in [0.29, 0.717) is 0 Å². The van der Waals surface area contributed by atoms with E-state index in [1.54, 1.807) is 0 Å². The molecule has 2 aromatic carbocycles. The molecule has 3 rings (SSSR count). The van der Waals surface area contributed by atoms with Crippen LogP contribution in [0.4, 0.5) is 5.88 Å². The maximum absolute atomic E-state index is 5.97. The van der Waals surface area contributed by atoms with Crippen LogP contribution >= 0.6 is 11.8 Å². The molecule has 26 heavy (non-hydrogen) atoms. The molecule has 0 saturated heterocycles. The molecule has 0 spiro atoms. The molecule has 0 aliphatic rings. The van der Waals surface area contributed by atoms with E-state index in [1.165, 1.54) is 29.7 Å². The van der Waals surface area contributed by atoms with Crippen LogP contribution in [0.2, 0.25) is 0 Å². The van der Waals surface area contributed by atoms with Gasteiger partial charge in [0.2, 0.25) is 0 Å². The lowest BCUT2D eigenvalue weighted by Gasteiger charge is -2.05. The van der Waals surface area contributed by atoms with Gasteiger partial charge in [0, 0.05) is 11.6 Å². The van der Waals surface area contributed by atoms with Crippen molar-refractivity contribution >= 4 is 17.6 Å². The van der Waals surface area contributed by atoms with E-state index in [-0.39, 0.29) is 0 Å². The molecule has 0 saturated carbocycles. The summed E-state index contributed by atoms with van der Waals surface area (Å²) in [6.07, 6.45) is 4.62. The summed E-state index contributed by atoms with van der Waals surface area (Å²) >= 11 is 1.91. The van der Waals surface area contributed by atoms with Crippen LogP contribution in [0, 0.1) is 0 Å². The lowest BCUT2D eigenvalue weighted by Crippen LogP contribution is -1.96. The summed E-state index contributed by atoms with van der Waals surface area (Å²) in [6, 6.07) is 23.4. The van der Waals surface area contributed by atoms with Crippen LogP contribution in [0.25, 0.3) is 11.3 Å². The summed E-state index contributed by atoms with van der Waals surface area (Å²) in [7, 11) is 0. The topological polar surface area (TPSA) is 25.2 Å². The Bertz CT molecular complexity index is 782. The van der Waals surface area contributed by atoms with E-state index in [4.69, 9.17) is 4.42 Å². The molecule has 0 atom stereocenters. The van der Waals surface area contributed by atoms with Gasteiger partial charge >= 0.3 is 0 Å². The largest absolute Gasteiger partial charge is 0.441 e.